The molecular formula is C23H30N2O4S. The third-order valence-electron chi connectivity index (χ3n) is 5.75. The predicted molar refractivity (Wildman–Crippen MR) is 117 cm³/mol. The zero-order valence-corrected chi connectivity index (χ0v) is 19.2. The van der Waals surface area contributed by atoms with Crippen molar-refractivity contribution in [2.75, 3.05) is 32.8 Å². The standard InChI is InChI=1S/C23H30N2O4S/c1-16-6-9-21(19(4)14-16)30(27,28)25-12-10-24(11-13-25)22(26)15-29-23-18(3)8-7-17(2)20(23)5/h6-9,14H,10-13,15H2,1-5H3. The number of nitrogens with zero attached hydrogens (tertiary/aromatic N) is 2. The molecule has 1 fully saturated rings. The van der Waals surface area contributed by atoms with E-state index in [1.54, 1.807) is 11.0 Å². The molecule has 2 aromatic carbocycles. The highest BCUT2D eigenvalue weighted by Gasteiger charge is 2.31. The van der Waals surface area contributed by atoms with E-state index in [0.717, 1.165) is 33.6 Å². The Hall–Kier alpha value is -2.38. The molecule has 0 aliphatic carbocycles. The Kier molecular flexibility index (Phi) is 6.53. The van der Waals surface area contributed by atoms with E-state index in [1.165, 1.54) is 4.31 Å². The normalized spacial score (nSPS) is 15.3. The molecule has 3 rings (SSSR count). The maximum Gasteiger partial charge on any atom is 0.260 e. The van der Waals surface area contributed by atoms with Crippen molar-refractivity contribution in [1.29, 1.82) is 0 Å². The second-order valence-corrected chi connectivity index (χ2v) is 9.90. The zero-order chi connectivity index (χ0) is 22.1. The summed E-state index contributed by atoms with van der Waals surface area (Å²) in [4.78, 5) is 14.6. The van der Waals surface area contributed by atoms with Gasteiger partial charge in [-0.15, -0.1) is 0 Å². The fourth-order valence-electron chi connectivity index (χ4n) is 3.78. The van der Waals surface area contributed by atoms with Gasteiger partial charge in [0.2, 0.25) is 10.0 Å². The molecule has 0 spiro atoms. The van der Waals surface area contributed by atoms with Crippen LogP contribution < -0.4 is 4.74 Å². The molecule has 0 saturated carbocycles. The smallest absolute Gasteiger partial charge is 0.260 e. The Bertz CT molecular complexity index is 1060. The summed E-state index contributed by atoms with van der Waals surface area (Å²) in [5.41, 5.74) is 4.92. The minimum atomic E-state index is -3.57. The Morgan fingerprint density at radius 3 is 2.17 bits per heavy atom. The molecule has 0 radical (unpaired) electrons. The number of rotatable bonds is 5. The topological polar surface area (TPSA) is 66.9 Å². The van der Waals surface area contributed by atoms with E-state index in [2.05, 4.69) is 0 Å². The lowest BCUT2D eigenvalue weighted by atomic mass is 10.1. The predicted octanol–water partition coefficient (Wildman–Crippen LogP) is 3.14. The van der Waals surface area contributed by atoms with Crippen molar-refractivity contribution in [1.82, 2.24) is 9.21 Å². The van der Waals surface area contributed by atoms with Gasteiger partial charge in [-0.3, -0.25) is 4.79 Å². The molecule has 0 N–H and O–H groups in total. The third kappa shape index (κ3) is 4.52. The molecule has 0 aromatic heterocycles. The van der Waals surface area contributed by atoms with Crippen LogP contribution in [0.5, 0.6) is 5.75 Å². The van der Waals surface area contributed by atoms with Crippen LogP contribution in [0.4, 0.5) is 0 Å². The SMILES string of the molecule is Cc1ccc(S(=O)(=O)N2CCN(C(=O)COc3c(C)ccc(C)c3C)CC2)c(C)c1. The van der Waals surface area contributed by atoms with Crippen LogP contribution in [-0.4, -0.2) is 56.3 Å². The molecule has 162 valence electrons. The van der Waals surface area contributed by atoms with Gasteiger partial charge in [0.1, 0.15) is 5.75 Å². The maximum atomic E-state index is 13.0. The number of amides is 1. The molecule has 1 saturated heterocycles. The number of carbonyl (C=O) groups excluding carboxylic acids is 1. The van der Waals surface area contributed by atoms with Gasteiger partial charge in [0.05, 0.1) is 4.90 Å². The van der Waals surface area contributed by atoms with E-state index < -0.39 is 10.0 Å². The average molecular weight is 431 g/mol. The first-order valence-corrected chi connectivity index (χ1v) is 11.6. The monoisotopic (exact) mass is 430 g/mol. The summed E-state index contributed by atoms with van der Waals surface area (Å²) < 4.78 is 33.3. The van der Waals surface area contributed by atoms with Crippen LogP contribution in [0.3, 0.4) is 0 Å². The number of sulfonamides is 1. The second kappa shape index (κ2) is 8.78. The molecule has 1 aliphatic rings. The van der Waals surface area contributed by atoms with Gasteiger partial charge >= 0.3 is 0 Å². The van der Waals surface area contributed by atoms with E-state index in [-0.39, 0.29) is 25.6 Å². The molecular weight excluding hydrogens is 400 g/mol. The Balaban J connectivity index is 1.61. The molecule has 0 bridgehead atoms. The Morgan fingerprint density at radius 2 is 1.53 bits per heavy atom. The van der Waals surface area contributed by atoms with Gasteiger partial charge < -0.3 is 9.64 Å². The summed E-state index contributed by atoms with van der Waals surface area (Å²) in [5, 5.41) is 0. The number of aryl methyl sites for hydroxylation is 4. The van der Waals surface area contributed by atoms with E-state index >= 15 is 0 Å². The van der Waals surface area contributed by atoms with Crippen LogP contribution in [0.25, 0.3) is 0 Å². The maximum absolute atomic E-state index is 13.0. The average Bonchev–Trinajstić information content (AvgIpc) is 2.70. The van der Waals surface area contributed by atoms with Crippen molar-refractivity contribution in [2.24, 2.45) is 0 Å². The number of carbonyl (C=O) groups is 1. The van der Waals surface area contributed by atoms with Gasteiger partial charge in [-0.1, -0.05) is 29.8 Å². The van der Waals surface area contributed by atoms with E-state index in [0.29, 0.717) is 18.0 Å². The summed E-state index contributed by atoms with van der Waals surface area (Å²) in [6.07, 6.45) is 0. The first-order valence-electron chi connectivity index (χ1n) is 10.2. The summed E-state index contributed by atoms with van der Waals surface area (Å²) in [5.74, 6) is 0.623. The summed E-state index contributed by atoms with van der Waals surface area (Å²) in [7, 11) is -3.57. The molecule has 1 aliphatic heterocycles. The minimum absolute atomic E-state index is 0.0467. The quantitative estimate of drug-likeness (QED) is 0.731. The highest BCUT2D eigenvalue weighted by Crippen LogP contribution is 2.26. The fraction of sp³-hybridized carbons (Fsp3) is 0.435. The van der Waals surface area contributed by atoms with E-state index in [9.17, 15) is 13.2 Å². The van der Waals surface area contributed by atoms with Crippen molar-refractivity contribution in [3.63, 3.8) is 0 Å². The second-order valence-electron chi connectivity index (χ2n) is 8.00. The summed E-state index contributed by atoms with van der Waals surface area (Å²) in [6.45, 7) is 10.9. The van der Waals surface area contributed by atoms with Crippen molar-refractivity contribution in [3.8, 4) is 5.75 Å². The number of hydrogen-bond donors (Lipinski definition) is 0. The van der Waals surface area contributed by atoms with Crippen LogP contribution in [-0.2, 0) is 14.8 Å². The van der Waals surface area contributed by atoms with Crippen molar-refractivity contribution in [3.05, 3.63) is 58.1 Å². The number of hydrogen-bond acceptors (Lipinski definition) is 4. The molecule has 2 aromatic rings. The van der Waals surface area contributed by atoms with Crippen LogP contribution in [0, 0.1) is 34.6 Å². The lowest BCUT2D eigenvalue weighted by Gasteiger charge is -2.34. The lowest BCUT2D eigenvalue weighted by Crippen LogP contribution is -2.51. The minimum Gasteiger partial charge on any atom is -0.483 e. The highest BCUT2D eigenvalue weighted by atomic mass is 32.2. The van der Waals surface area contributed by atoms with Gasteiger partial charge in [-0.05, 0) is 62.9 Å². The largest absolute Gasteiger partial charge is 0.483 e. The molecule has 7 heteroatoms. The third-order valence-corrected chi connectivity index (χ3v) is 7.81. The molecule has 0 unspecified atom stereocenters. The van der Waals surface area contributed by atoms with Crippen LogP contribution in [0.2, 0.25) is 0 Å². The van der Waals surface area contributed by atoms with Gasteiger partial charge in [-0.2, -0.15) is 4.31 Å². The lowest BCUT2D eigenvalue weighted by molar-refractivity contribution is -0.134. The molecule has 0 atom stereocenters. The first-order chi connectivity index (χ1) is 14.1. The summed E-state index contributed by atoms with van der Waals surface area (Å²) >= 11 is 0. The van der Waals surface area contributed by atoms with Gasteiger partial charge in [0.25, 0.3) is 5.91 Å². The molecule has 1 heterocycles. The van der Waals surface area contributed by atoms with Gasteiger partial charge in [-0.25, -0.2) is 8.42 Å². The van der Waals surface area contributed by atoms with Crippen molar-refractivity contribution in [2.45, 2.75) is 39.5 Å². The van der Waals surface area contributed by atoms with Crippen LogP contribution in [0.1, 0.15) is 27.8 Å². The van der Waals surface area contributed by atoms with Crippen LogP contribution >= 0.6 is 0 Å². The van der Waals surface area contributed by atoms with Gasteiger partial charge in [0.15, 0.2) is 6.61 Å². The van der Waals surface area contributed by atoms with Crippen molar-refractivity contribution >= 4 is 15.9 Å². The van der Waals surface area contributed by atoms with Crippen molar-refractivity contribution < 1.29 is 17.9 Å². The van der Waals surface area contributed by atoms with Crippen LogP contribution in [0.15, 0.2) is 35.2 Å². The zero-order valence-electron chi connectivity index (χ0n) is 18.4. The molecule has 6 nitrogen and oxygen atoms in total. The number of piperazine rings is 1. The summed E-state index contributed by atoms with van der Waals surface area (Å²) in [6, 6.07) is 9.37. The number of ether oxygens (including phenoxy) is 1. The van der Waals surface area contributed by atoms with E-state index in [1.807, 2.05) is 58.9 Å². The van der Waals surface area contributed by atoms with Gasteiger partial charge in [0, 0.05) is 26.2 Å². The van der Waals surface area contributed by atoms with E-state index in [4.69, 9.17) is 4.74 Å². The molecule has 1 amide bonds. The Labute approximate surface area is 179 Å². The fourth-order valence-corrected chi connectivity index (χ4v) is 5.41. The first kappa shape index (κ1) is 22.3. The Morgan fingerprint density at radius 1 is 0.900 bits per heavy atom. The molecule has 30 heavy (non-hydrogen) atoms. The number of benzene rings is 2. The highest BCUT2D eigenvalue weighted by molar-refractivity contribution is 7.89.